The Bertz CT molecular complexity index is 1270. The van der Waals surface area contributed by atoms with Gasteiger partial charge in [0.05, 0.1) is 30.5 Å². The SMILES string of the molecule is Fc1c(F)c(F)c(Cn2ccc(NC(=S)Nc3cnn(Cc4ccccc4)c3)n2)c(F)c1F. The second kappa shape index (κ2) is 9.36. The Labute approximate surface area is 189 Å². The van der Waals surface area contributed by atoms with Gasteiger partial charge in [0.2, 0.25) is 5.82 Å². The lowest BCUT2D eigenvalue weighted by Crippen LogP contribution is -2.19. The Morgan fingerprint density at radius 1 is 0.818 bits per heavy atom. The first-order valence-corrected chi connectivity index (χ1v) is 9.91. The van der Waals surface area contributed by atoms with Crippen LogP contribution in [0.1, 0.15) is 11.1 Å². The molecule has 0 bridgehead atoms. The maximum atomic E-state index is 13.9. The van der Waals surface area contributed by atoms with E-state index in [1.807, 2.05) is 30.3 Å². The third kappa shape index (κ3) is 5.00. The van der Waals surface area contributed by atoms with E-state index in [1.165, 1.54) is 12.3 Å². The van der Waals surface area contributed by atoms with E-state index in [1.54, 1.807) is 17.1 Å². The van der Waals surface area contributed by atoms with Gasteiger partial charge < -0.3 is 10.6 Å². The van der Waals surface area contributed by atoms with E-state index in [2.05, 4.69) is 20.8 Å². The lowest BCUT2D eigenvalue weighted by molar-refractivity contribution is 0.367. The molecule has 2 heterocycles. The van der Waals surface area contributed by atoms with E-state index in [-0.39, 0.29) is 10.9 Å². The molecule has 0 atom stereocenters. The van der Waals surface area contributed by atoms with Crippen LogP contribution in [0.25, 0.3) is 0 Å². The maximum Gasteiger partial charge on any atom is 0.200 e. The summed E-state index contributed by atoms with van der Waals surface area (Å²) in [5.74, 6) is -9.82. The summed E-state index contributed by atoms with van der Waals surface area (Å²) < 4.78 is 70.4. The van der Waals surface area contributed by atoms with Crippen LogP contribution in [-0.2, 0) is 13.1 Å². The summed E-state index contributed by atoms with van der Waals surface area (Å²) in [6, 6.07) is 11.2. The van der Waals surface area contributed by atoms with Crippen LogP contribution in [0.15, 0.2) is 55.0 Å². The van der Waals surface area contributed by atoms with Gasteiger partial charge in [0.1, 0.15) is 0 Å². The highest BCUT2D eigenvalue weighted by atomic mass is 32.1. The number of hydrogen-bond donors (Lipinski definition) is 2. The fourth-order valence-electron chi connectivity index (χ4n) is 3.03. The normalized spacial score (nSPS) is 10.9. The van der Waals surface area contributed by atoms with Crippen molar-refractivity contribution in [3.8, 4) is 0 Å². The summed E-state index contributed by atoms with van der Waals surface area (Å²) in [6.45, 7) is -0.0925. The van der Waals surface area contributed by atoms with Crippen molar-refractivity contribution in [3.05, 3.63) is 95.2 Å². The van der Waals surface area contributed by atoms with Crippen molar-refractivity contribution in [2.24, 2.45) is 0 Å². The molecule has 0 unspecified atom stereocenters. The molecule has 0 saturated carbocycles. The minimum Gasteiger partial charge on any atom is -0.330 e. The Balaban J connectivity index is 1.38. The molecule has 6 nitrogen and oxygen atoms in total. The summed E-state index contributed by atoms with van der Waals surface area (Å²) in [6.07, 6.45) is 4.64. The Morgan fingerprint density at radius 2 is 1.48 bits per heavy atom. The molecule has 2 aromatic heterocycles. The van der Waals surface area contributed by atoms with Gasteiger partial charge in [-0.15, -0.1) is 0 Å². The van der Waals surface area contributed by atoms with Crippen LogP contribution < -0.4 is 10.6 Å². The van der Waals surface area contributed by atoms with E-state index < -0.39 is 41.2 Å². The number of hydrogen-bond acceptors (Lipinski definition) is 3. The van der Waals surface area contributed by atoms with Gasteiger partial charge in [0, 0.05) is 18.5 Å². The average molecular weight is 478 g/mol. The quantitative estimate of drug-likeness (QED) is 0.182. The zero-order valence-electron chi connectivity index (χ0n) is 16.7. The molecule has 0 fully saturated rings. The molecular formula is C21H15F5N6S. The van der Waals surface area contributed by atoms with Crippen LogP contribution in [-0.4, -0.2) is 24.7 Å². The van der Waals surface area contributed by atoms with Gasteiger partial charge in [-0.2, -0.15) is 10.2 Å². The van der Waals surface area contributed by atoms with E-state index in [0.29, 0.717) is 12.2 Å². The summed E-state index contributed by atoms with van der Waals surface area (Å²) in [7, 11) is 0. The molecule has 33 heavy (non-hydrogen) atoms. The molecule has 0 aliphatic rings. The summed E-state index contributed by atoms with van der Waals surface area (Å²) in [5.41, 5.74) is 0.698. The van der Waals surface area contributed by atoms with Crippen molar-refractivity contribution in [1.29, 1.82) is 0 Å². The number of benzene rings is 2. The zero-order valence-corrected chi connectivity index (χ0v) is 17.5. The third-order valence-electron chi connectivity index (χ3n) is 4.58. The zero-order chi connectivity index (χ0) is 23.5. The fraction of sp³-hybridized carbons (Fsp3) is 0.0952. The predicted molar refractivity (Wildman–Crippen MR) is 115 cm³/mol. The van der Waals surface area contributed by atoms with E-state index in [0.717, 1.165) is 10.2 Å². The largest absolute Gasteiger partial charge is 0.330 e. The first-order chi connectivity index (χ1) is 15.8. The smallest absolute Gasteiger partial charge is 0.200 e. The van der Waals surface area contributed by atoms with Crippen molar-refractivity contribution >= 4 is 28.8 Å². The van der Waals surface area contributed by atoms with Crippen LogP contribution in [0.5, 0.6) is 0 Å². The van der Waals surface area contributed by atoms with Crippen molar-refractivity contribution in [2.45, 2.75) is 13.1 Å². The molecular weight excluding hydrogens is 463 g/mol. The van der Waals surface area contributed by atoms with Gasteiger partial charge in [-0.1, -0.05) is 30.3 Å². The van der Waals surface area contributed by atoms with Crippen molar-refractivity contribution < 1.29 is 22.0 Å². The summed E-state index contributed by atoms with van der Waals surface area (Å²) in [5, 5.41) is 14.1. The van der Waals surface area contributed by atoms with Gasteiger partial charge in [-0.3, -0.25) is 9.36 Å². The number of halogens is 5. The molecule has 0 amide bonds. The molecule has 2 aromatic carbocycles. The number of rotatable bonds is 6. The highest BCUT2D eigenvalue weighted by Crippen LogP contribution is 2.24. The van der Waals surface area contributed by atoms with E-state index in [9.17, 15) is 22.0 Å². The fourth-order valence-corrected chi connectivity index (χ4v) is 3.25. The number of anilines is 2. The highest BCUT2D eigenvalue weighted by molar-refractivity contribution is 7.80. The van der Waals surface area contributed by atoms with Gasteiger partial charge in [0.15, 0.2) is 34.2 Å². The van der Waals surface area contributed by atoms with Crippen molar-refractivity contribution in [3.63, 3.8) is 0 Å². The number of nitrogens with zero attached hydrogens (tertiary/aromatic N) is 4. The monoisotopic (exact) mass is 478 g/mol. The maximum absolute atomic E-state index is 13.9. The Morgan fingerprint density at radius 3 is 2.18 bits per heavy atom. The average Bonchev–Trinajstić information content (AvgIpc) is 3.43. The number of nitrogens with one attached hydrogen (secondary N) is 2. The first kappa shape index (κ1) is 22.4. The molecule has 0 spiro atoms. The second-order valence-electron chi connectivity index (χ2n) is 6.94. The Hall–Kier alpha value is -3.80. The molecule has 2 N–H and O–H groups in total. The minimum atomic E-state index is -2.21. The van der Waals surface area contributed by atoms with Gasteiger partial charge >= 0.3 is 0 Å². The van der Waals surface area contributed by atoms with Crippen molar-refractivity contribution in [2.75, 3.05) is 10.6 Å². The third-order valence-corrected chi connectivity index (χ3v) is 4.79. The molecule has 4 rings (SSSR count). The van der Waals surface area contributed by atoms with E-state index >= 15 is 0 Å². The minimum absolute atomic E-state index is 0.163. The van der Waals surface area contributed by atoms with E-state index in [4.69, 9.17) is 12.2 Å². The van der Waals surface area contributed by atoms with Crippen LogP contribution in [0.3, 0.4) is 0 Å². The molecule has 170 valence electrons. The van der Waals surface area contributed by atoms with Crippen LogP contribution >= 0.6 is 12.2 Å². The van der Waals surface area contributed by atoms with Crippen LogP contribution in [0.2, 0.25) is 0 Å². The second-order valence-corrected chi connectivity index (χ2v) is 7.35. The first-order valence-electron chi connectivity index (χ1n) is 9.50. The van der Waals surface area contributed by atoms with Gasteiger partial charge in [-0.05, 0) is 17.8 Å². The molecule has 0 radical (unpaired) electrons. The van der Waals surface area contributed by atoms with Gasteiger partial charge in [0.25, 0.3) is 0 Å². The Kier molecular flexibility index (Phi) is 6.36. The summed E-state index contributed by atoms with van der Waals surface area (Å²) >= 11 is 5.22. The highest BCUT2D eigenvalue weighted by Gasteiger charge is 2.25. The standard InChI is InChI=1S/C21H15F5N6S/c22-16-14(17(23)19(25)20(26)18(16)24)11-31-7-6-15(30-31)29-21(33)28-13-8-27-32(10-13)9-12-4-2-1-3-5-12/h1-8,10H,9,11H2,(H2,28,29,30,33). The lowest BCUT2D eigenvalue weighted by atomic mass is 10.1. The molecule has 0 saturated heterocycles. The molecule has 4 aromatic rings. The number of aromatic nitrogens is 4. The summed E-state index contributed by atoms with van der Waals surface area (Å²) in [4.78, 5) is 0. The lowest BCUT2D eigenvalue weighted by Gasteiger charge is -2.09. The molecule has 0 aliphatic heterocycles. The predicted octanol–water partition coefficient (Wildman–Crippen LogP) is 4.68. The number of thiocarbonyl (C=S) groups is 1. The van der Waals surface area contributed by atoms with Crippen LogP contribution in [0.4, 0.5) is 33.5 Å². The topological polar surface area (TPSA) is 59.7 Å². The van der Waals surface area contributed by atoms with Crippen molar-refractivity contribution in [1.82, 2.24) is 19.6 Å². The molecule has 0 aliphatic carbocycles. The van der Waals surface area contributed by atoms with Crippen LogP contribution in [0, 0.1) is 29.1 Å². The molecule has 12 heteroatoms. The van der Waals surface area contributed by atoms with Gasteiger partial charge in [-0.25, -0.2) is 22.0 Å².